The fourth-order valence-electron chi connectivity index (χ4n) is 2.70. The minimum absolute atomic E-state index is 0.00263. The Morgan fingerprint density at radius 1 is 1.11 bits per heavy atom. The number of nitrogens with one attached hydrogen (secondary N) is 1. The minimum atomic E-state index is -0.455. The van der Waals surface area contributed by atoms with Crippen LogP contribution in [0.4, 0.5) is 5.69 Å². The van der Waals surface area contributed by atoms with Gasteiger partial charge in [0.1, 0.15) is 0 Å². The van der Waals surface area contributed by atoms with Gasteiger partial charge in [-0.25, -0.2) is 0 Å². The summed E-state index contributed by atoms with van der Waals surface area (Å²) in [6, 6.07) is 8.29. The number of carbonyl (C=O) groups excluding carboxylic acids is 1. The quantitative estimate of drug-likeness (QED) is 0.794. The summed E-state index contributed by atoms with van der Waals surface area (Å²) < 4.78 is 1.20. The number of ketones is 1. The van der Waals surface area contributed by atoms with Gasteiger partial charge >= 0.3 is 0 Å². The first-order chi connectivity index (χ1) is 12.7. The van der Waals surface area contributed by atoms with Crippen molar-refractivity contribution < 1.29 is 4.79 Å². The van der Waals surface area contributed by atoms with Crippen molar-refractivity contribution in [2.24, 2.45) is 5.41 Å². The number of nitrogens with zero attached hydrogens (tertiary/aromatic N) is 1. The van der Waals surface area contributed by atoms with E-state index in [4.69, 9.17) is 0 Å². The van der Waals surface area contributed by atoms with Crippen LogP contribution in [0.1, 0.15) is 53.0 Å². The molecule has 0 amide bonds. The molecule has 5 heteroatoms. The highest BCUT2D eigenvalue weighted by Crippen LogP contribution is 2.17. The highest BCUT2D eigenvalue weighted by atomic mass is 32.1. The molecule has 1 N–H and O–H groups in total. The number of aromatic amines is 1. The van der Waals surface area contributed by atoms with Crippen LogP contribution in [0.2, 0.25) is 0 Å². The second-order valence-electron chi connectivity index (χ2n) is 7.77. The Morgan fingerprint density at radius 3 is 2.22 bits per heavy atom. The first-order valence-electron chi connectivity index (χ1n) is 9.56. The largest absolute Gasteiger partial charge is 0.372 e. The summed E-state index contributed by atoms with van der Waals surface area (Å²) in [6.07, 6.45) is 5.63. The molecule has 0 aliphatic rings. The molecule has 146 valence electrons. The zero-order chi connectivity index (χ0) is 20.0. The third-order valence-electron chi connectivity index (χ3n) is 4.22. The molecule has 2 rings (SSSR count). The Kier molecular flexibility index (Phi) is 7.19. The molecule has 0 unspecified atom stereocenters. The molecular weight excluding hydrogens is 356 g/mol. The third-order valence-corrected chi connectivity index (χ3v) is 5.19. The second-order valence-corrected chi connectivity index (χ2v) is 8.85. The third kappa shape index (κ3) is 5.93. The van der Waals surface area contributed by atoms with Crippen molar-refractivity contribution in [2.45, 2.75) is 47.5 Å². The van der Waals surface area contributed by atoms with Crippen LogP contribution in [0.15, 0.2) is 29.1 Å². The number of benzene rings is 1. The fourth-order valence-corrected chi connectivity index (χ4v) is 3.59. The summed E-state index contributed by atoms with van der Waals surface area (Å²) in [7, 11) is 0. The Hall–Kier alpha value is -2.14. The second kappa shape index (κ2) is 9.18. The highest BCUT2D eigenvalue weighted by Gasteiger charge is 2.18. The Bertz CT molecular complexity index is 924. The van der Waals surface area contributed by atoms with Crippen molar-refractivity contribution in [1.82, 2.24) is 4.98 Å². The number of hydrogen-bond donors (Lipinski definition) is 1. The van der Waals surface area contributed by atoms with E-state index in [1.54, 1.807) is 0 Å². The van der Waals surface area contributed by atoms with Crippen LogP contribution in [0.3, 0.4) is 0 Å². The van der Waals surface area contributed by atoms with Crippen LogP contribution in [-0.2, 0) is 4.79 Å². The Morgan fingerprint density at radius 2 is 1.70 bits per heavy atom. The SMILES string of the molecule is CCCN(CCC)c1ccc(/C=c2\s/c(=C\C(=O)C(C)(C)C)[nH]c2=O)cc1. The van der Waals surface area contributed by atoms with Gasteiger partial charge in [0.25, 0.3) is 5.56 Å². The number of carbonyl (C=O) groups is 1. The maximum absolute atomic E-state index is 12.2. The predicted octanol–water partition coefficient (Wildman–Crippen LogP) is 3.29. The summed E-state index contributed by atoms with van der Waals surface area (Å²) in [4.78, 5) is 29.5. The van der Waals surface area contributed by atoms with Crippen LogP contribution in [0.25, 0.3) is 12.2 Å². The van der Waals surface area contributed by atoms with Crippen molar-refractivity contribution in [3.63, 3.8) is 0 Å². The molecule has 0 aliphatic heterocycles. The van der Waals surface area contributed by atoms with E-state index in [9.17, 15) is 9.59 Å². The van der Waals surface area contributed by atoms with Crippen molar-refractivity contribution >= 4 is 35.0 Å². The lowest BCUT2D eigenvalue weighted by molar-refractivity contribution is -0.119. The van der Waals surface area contributed by atoms with E-state index in [-0.39, 0.29) is 11.3 Å². The lowest BCUT2D eigenvalue weighted by atomic mass is 9.91. The maximum Gasteiger partial charge on any atom is 0.266 e. The first kappa shape index (κ1) is 21.2. The average molecular weight is 387 g/mol. The van der Waals surface area contributed by atoms with Crippen LogP contribution < -0.4 is 19.7 Å². The summed E-state index contributed by atoms with van der Waals surface area (Å²) in [5.74, 6) is 0.00263. The summed E-state index contributed by atoms with van der Waals surface area (Å²) in [6.45, 7) is 12.1. The molecule has 27 heavy (non-hydrogen) atoms. The van der Waals surface area contributed by atoms with Gasteiger partial charge in [-0.05, 0) is 36.6 Å². The number of rotatable bonds is 7. The summed E-state index contributed by atoms with van der Waals surface area (Å²) in [5.41, 5.74) is 1.58. The fraction of sp³-hybridized carbons (Fsp3) is 0.455. The molecule has 0 saturated heterocycles. The Labute approximate surface area is 165 Å². The van der Waals surface area contributed by atoms with Crippen LogP contribution in [0.5, 0.6) is 0 Å². The zero-order valence-electron chi connectivity index (χ0n) is 17.0. The van der Waals surface area contributed by atoms with Crippen LogP contribution >= 0.6 is 11.3 Å². The average Bonchev–Trinajstić information content (AvgIpc) is 2.94. The normalized spacial score (nSPS) is 13.2. The summed E-state index contributed by atoms with van der Waals surface area (Å²) >= 11 is 1.32. The number of hydrogen-bond acceptors (Lipinski definition) is 4. The molecule has 0 bridgehead atoms. The molecule has 2 aromatic rings. The zero-order valence-corrected chi connectivity index (χ0v) is 17.8. The number of aromatic nitrogens is 1. The van der Waals surface area contributed by atoms with Gasteiger partial charge in [0, 0.05) is 30.3 Å². The van der Waals surface area contributed by atoms with E-state index >= 15 is 0 Å². The first-order valence-corrected chi connectivity index (χ1v) is 10.4. The predicted molar refractivity (Wildman–Crippen MR) is 116 cm³/mol. The van der Waals surface area contributed by atoms with Gasteiger partial charge in [-0.2, -0.15) is 0 Å². The van der Waals surface area contributed by atoms with Crippen molar-refractivity contribution in [3.8, 4) is 0 Å². The number of anilines is 1. The van der Waals surface area contributed by atoms with Gasteiger partial charge in [0.2, 0.25) is 0 Å². The molecule has 0 fully saturated rings. The monoisotopic (exact) mass is 386 g/mol. The molecule has 0 spiro atoms. The van der Waals surface area contributed by atoms with E-state index in [2.05, 4.69) is 35.9 Å². The molecule has 0 atom stereocenters. The van der Waals surface area contributed by atoms with Crippen LogP contribution in [-0.4, -0.2) is 23.9 Å². The highest BCUT2D eigenvalue weighted by molar-refractivity contribution is 7.07. The molecular formula is C22H30N2O2S. The molecule has 4 nitrogen and oxygen atoms in total. The molecule has 1 aromatic carbocycles. The molecule has 0 aliphatic carbocycles. The van der Waals surface area contributed by atoms with Gasteiger partial charge < -0.3 is 9.88 Å². The van der Waals surface area contributed by atoms with Gasteiger partial charge in [-0.3, -0.25) is 9.59 Å². The summed E-state index contributed by atoms with van der Waals surface area (Å²) in [5, 5.41) is 0. The minimum Gasteiger partial charge on any atom is -0.372 e. The Balaban J connectivity index is 2.30. The number of H-pyrrole nitrogens is 1. The van der Waals surface area contributed by atoms with Crippen molar-refractivity contribution in [1.29, 1.82) is 0 Å². The maximum atomic E-state index is 12.2. The molecule has 0 radical (unpaired) electrons. The molecule has 1 heterocycles. The standard InChI is InChI=1S/C22H30N2O2S/c1-6-12-24(13-7-2)17-10-8-16(9-11-17)14-18-21(26)23-20(27-18)15-19(25)22(3,4)5/h8-11,14-15H,6-7,12-13H2,1-5H3,(H,23,26)/b18-14-,20-15-. The van der Waals surface area contributed by atoms with E-state index in [1.165, 1.54) is 23.1 Å². The lowest BCUT2D eigenvalue weighted by Crippen LogP contribution is -2.24. The topological polar surface area (TPSA) is 53.2 Å². The van der Waals surface area contributed by atoms with E-state index in [0.717, 1.165) is 31.5 Å². The van der Waals surface area contributed by atoms with E-state index < -0.39 is 5.41 Å². The van der Waals surface area contributed by atoms with Crippen molar-refractivity contribution in [3.05, 3.63) is 49.4 Å². The van der Waals surface area contributed by atoms with Gasteiger partial charge in [-0.1, -0.05) is 46.8 Å². The smallest absolute Gasteiger partial charge is 0.266 e. The number of Topliss-reactive ketones (excluding diaryl/α,β-unsaturated/α-hetero) is 1. The van der Waals surface area contributed by atoms with Gasteiger partial charge in [0.15, 0.2) is 5.78 Å². The van der Waals surface area contributed by atoms with Gasteiger partial charge in [0.05, 0.1) is 9.20 Å². The van der Waals surface area contributed by atoms with E-state index in [1.807, 2.05) is 39.0 Å². The molecule has 1 aromatic heterocycles. The van der Waals surface area contributed by atoms with Crippen LogP contribution in [0, 0.1) is 5.41 Å². The lowest BCUT2D eigenvalue weighted by Gasteiger charge is -2.23. The van der Waals surface area contributed by atoms with E-state index in [0.29, 0.717) is 9.20 Å². The van der Waals surface area contributed by atoms with Crippen molar-refractivity contribution in [2.75, 3.05) is 18.0 Å². The molecule has 0 saturated carbocycles. The van der Waals surface area contributed by atoms with Gasteiger partial charge in [-0.15, -0.1) is 11.3 Å². The number of thiazole rings is 1.